The Morgan fingerprint density at radius 2 is 0.312 bits per heavy atom. The van der Waals surface area contributed by atoms with Crippen molar-refractivity contribution in [2.45, 2.75) is 369 Å². The van der Waals surface area contributed by atoms with E-state index in [-0.39, 0.29) is 0 Å². The Hall–Kier alpha value is -0.200. The molecule has 1 aliphatic rings. The second-order valence-electron chi connectivity index (χ2n) is 25.8. The molecule has 0 N–H and O–H groups in total. The van der Waals surface area contributed by atoms with Crippen molar-refractivity contribution in [2.24, 2.45) is 0 Å². The van der Waals surface area contributed by atoms with Crippen LogP contribution in [0.1, 0.15) is 369 Å². The van der Waals surface area contributed by atoms with Gasteiger partial charge in [0.2, 0.25) is 0 Å². The molecule has 1 heterocycles. The summed E-state index contributed by atoms with van der Waals surface area (Å²) in [5.41, 5.74) is 0. The zero-order valence-corrected chi connectivity index (χ0v) is 54.6. The number of rotatable bonds is 66. The summed E-state index contributed by atoms with van der Waals surface area (Å²) in [4.78, 5) is 14.4. The zero-order valence-electron chi connectivity index (χ0n) is 54.6. The van der Waals surface area contributed by atoms with Gasteiger partial charge >= 0.3 is 0 Å². The predicted molar refractivity (Wildman–Crippen MR) is 351 cm³/mol. The van der Waals surface area contributed by atoms with E-state index in [1.165, 1.54) is 432 Å². The molecule has 0 bridgehead atoms. The summed E-state index contributed by atoms with van der Waals surface area (Å²) in [6, 6.07) is 0. The SMILES string of the molecule is CCCCCCCCCCCCCN(CCCCCCCCCCCC)CCN1CCN(CCN(CCCCCCCCCCCCC)CCN(CCCCCCCCCCCC)CCCCCCCCCCCC)CC1. The minimum Gasteiger partial charge on any atom is -0.302 e. The molecule has 5 nitrogen and oxygen atoms in total. The lowest BCUT2D eigenvalue weighted by Gasteiger charge is -2.37. The molecule has 0 spiro atoms. The normalized spacial score (nSPS) is 13.7. The Balaban J connectivity index is 2.73. The summed E-state index contributed by atoms with van der Waals surface area (Å²) in [5, 5.41) is 0. The highest BCUT2D eigenvalue weighted by Gasteiger charge is 2.19. The molecule has 0 unspecified atom stereocenters. The van der Waals surface area contributed by atoms with Gasteiger partial charge in [0.25, 0.3) is 0 Å². The van der Waals surface area contributed by atoms with Crippen LogP contribution in [0.3, 0.4) is 0 Å². The molecule has 0 aromatic carbocycles. The Morgan fingerprint density at radius 1 is 0.169 bits per heavy atom. The first kappa shape index (κ1) is 74.8. The van der Waals surface area contributed by atoms with Crippen LogP contribution in [0, 0.1) is 0 Å². The molecule has 1 fully saturated rings. The maximum absolute atomic E-state index is 2.93. The molecule has 0 aromatic rings. The lowest BCUT2D eigenvalue weighted by molar-refractivity contribution is 0.104. The minimum atomic E-state index is 1.27. The monoisotopic (exact) mass is 1080 g/mol. The largest absolute Gasteiger partial charge is 0.302 e. The van der Waals surface area contributed by atoms with Crippen LogP contribution in [-0.4, -0.2) is 123 Å². The van der Waals surface area contributed by atoms with E-state index < -0.39 is 0 Å². The number of piperazine rings is 1. The summed E-state index contributed by atoms with van der Waals surface area (Å²) in [5.74, 6) is 0. The average molecular weight is 1090 g/mol. The van der Waals surface area contributed by atoms with Crippen LogP contribution < -0.4 is 0 Å². The van der Waals surface area contributed by atoms with E-state index in [4.69, 9.17) is 0 Å². The van der Waals surface area contributed by atoms with Crippen molar-refractivity contribution in [3.8, 4) is 0 Å². The average Bonchev–Trinajstić information content (AvgIpc) is 3.44. The molecule has 5 heteroatoms. The Labute approximate surface area is 488 Å². The van der Waals surface area contributed by atoms with E-state index in [2.05, 4.69) is 59.1 Å². The maximum Gasteiger partial charge on any atom is 0.0110 e. The molecule has 462 valence electrons. The van der Waals surface area contributed by atoms with Gasteiger partial charge in [-0.3, -0.25) is 9.80 Å². The standard InChI is InChI=1S/C72H149N5/c1-6-11-16-21-26-31-36-41-46-51-56-61-74(60-55-50-45-40-35-30-25-20-15-10-5)64-67-76-69-71-77(72-70-76)68-66-75(62-57-52-47-42-37-32-27-22-17-12-7-2)65-63-73(58-53-48-43-38-33-28-23-18-13-8-3)59-54-49-44-39-34-29-24-19-14-9-4/h6-72H2,1-5H3. The van der Waals surface area contributed by atoms with Gasteiger partial charge in [0.15, 0.2) is 0 Å². The van der Waals surface area contributed by atoms with Gasteiger partial charge in [0, 0.05) is 65.4 Å². The molecule has 1 saturated heterocycles. The number of nitrogens with zero attached hydrogens (tertiary/aromatic N) is 5. The lowest BCUT2D eigenvalue weighted by Crippen LogP contribution is -2.50. The van der Waals surface area contributed by atoms with E-state index >= 15 is 0 Å². The van der Waals surface area contributed by atoms with E-state index in [0.717, 1.165) is 0 Å². The van der Waals surface area contributed by atoms with Crippen LogP contribution in [0.4, 0.5) is 0 Å². The van der Waals surface area contributed by atoms with Crippen molar-refractivity contribution in [3.05, 3.63) is 0 Å². The van der Waals surface area contributed by atoms with Crippen molar-refractivity contribution in [2.75, 3.05) is 98.2 Å². The van der Waals surface area contributed by atoms with Crippen molar-refractivity contribution in [1.82, 2.24) is 24.5 Å². The molecule has 1 aliphatic heterocycles. The molecule has 0 atom stereocenters. The van der Waals surface area contributed by atoms with Gasteiger partial charge in [-0.15, -0.1) is 0 Å². The first-order valence-electron chi connectivity index (χ1n) is 36.8. The van der Waals surface area contributed by atoms with Crippen LogP contribution in [0.2, 0.25) is 0 Å². The highest BCUT2D eigenvalue weighted by Crippen LogP contribution is 2.18. The highest BCUT2D eigenvalue weighted by atomic mass is 15.3. The van der Waals surface area contributed by atoms with Crippen molar-refractivity contribution in [1.29, 1.82) is 0 Å². The number of hydrogen-bond donors (Lipinski definition) is 0. The summed E-state index contributed by atoms with van der Waals surface area (Å²) >= 11 is 0. The summed E-state index contributed by atoms with van der Waals surface area (Å²) < 4.78 is 0. The zero-order chi connectivity index (χ0) is 55.3. The molecule has 0 aliphatic carbocycles. The molecule has 0 aromatic heterocycles. The minimum absolute atomic E-state index is 1.27. The van der Waals surface area contributed by atoms with Crippen LogP contribution in [-0.2, 0) is 0 Å². The smallest absolute Gasteiger partial charge is 0.0110 e. The third-order valence-electron chi connectivity index (χ3n) is 18.3. The van der Waals surface area contributed by atoms with Crippen LogP contribution in [0.5, 0.6) is 0 Å². The second-order valence-corrected chi connectivity index (χ2v) is 25.8. The van der Waals surface area contributed by atoms with Gasteiger partial charge in [-0.2, -0.15) is 0 Å². The van der Waals surface area contributed by atoms with Gasteiger partial charge in [-0.25, -0.2) is 0 Å². The Bertz CT molecular complexity index is 1040. The van der Waals surface area contributed by atoms with Gasteiger partial charge in [0.05, 0.1) is 0 Å². The van der Waals surface area contributed by atoms with E-state index in [1.54, 1.807) is 0 Å². The molecule has 0 amide bonds. The van der Waals surface area contributed by atoms with Crippen LogP contribution in [0.15, 0.2) is 0 Å². The second kappa shape index (κ2) is 63.4. The summed E-state index contributed by atoms with van der Waals surface area (Å²) in [6.07, 6.45) is 75.0. The molecule has 0 radical (unpaired) electrons. The molecular weight excluding hydrogens is 935 g/mol. The molecule has 77 heavy (non-hydrogen) atoms. The molecule has 0 saturated carbocycles. The molecule has 1 rings (SSSR count). The predicted octanol–water partition coefficient (Wildman–Crippen LogP) is 21.9. The summed E-state index contributed by atoms with van der Waals surface area (Å²) in [7, 11) is 0. The number of unbranched alkanes of at least 4 members (excludes halogenated alkanes) is 47. The van der Waals surface area contributed by atoms with Gasteiger partial charge in [-0.05, 0) is 64.8 Å². The Morgan fingerprint density at radius 3 is 0.494 bits per heavy atom. The van der Waals surface area contributed by atoms with Crippen LogP contribution >= 0.6 is 0 Å². The van der Waals surface area contributed by atoms with Crippen molar-refractivity contribution < 1.29 is 0 Å². The highest BCUT2D eigenvalue weighted by molar-refractivity contribution is 4.76. The van der Waals surface area contributed by atoms with E-state index in [0.29, 0.717) is 0 Å². The number of hydrogen-bond acceptors (Lipinski definition) is 5. The molecular formula is C72H149N5. The fraction of sp³-hybridized carbons (Fsp3) is 1.00. The first-order chi connectivity index (χ1) is 38.2. The van der Waals surface area contributed by atoms with Crippen molar-refractivity contribution in [3.63, 3.8) is 0 Å². The summed E-state index contributed by atoms with van der Waals surface area (Å²) in [6.45, 7) is 31.1. The van der Waals surface area contributed by atoms with Crippen molar-refractivity contribution >= 4 is 0 Å². The third kappa shape index (κ3) is 54.8. The quantitative estimate of drug-likeness (QED) is 0.0563. The van der Waals surface area contributed by atoms with E-state index in [1.807, 2.05) is 0 Å². The van der Waals surface area contributed by atoms with Gasteiger partial charge in [0.1, 0.15) is 0 Å². The fourth-order valence-corrected chi connectivity index (χ4v) is 12.6. The third-order valence-corrected chi connectivity index (χ3v) is 18.3. The first-order valence-corrected chi connectivity index (χ1v) is 36.8. The topological polar surface area (TPSA) is 16.2 Å². The fourth-order valence-electron chi connectivity index (χ4n) is 12.6. The maximum atomic E-state index is 2.93. The Kier molecular flexibility index (Phi) is 61.6. The van der Waals surface area contributed by atoms with E-state index in [9.17, 15) is 0 Å². The lowest BCUT2D eigenvalue weighted by atomic mass is 10.1. The van der Waals surface area contributed by atoms with Crippen LogP contribution in [0.25, 0.3) is 0 Å². The van der Waals surface area contributed by atoms with Gasteiger partial charge in [-0.1, -0.05) is 336 Å². The van der Waals surface area contributed by atoms with Gasteiger partial charge < -0.3 is 14.7 Å².